The van der Waals surface area contributed by atoms with Crippen molar-refractivity contribution in [2.45, 2.75) is 6.92 Å². The molecule has 4 aromatic rings. The number of anilines is 1. The lowest BCUT2D eigenvalue weighted by Gasteiger charge is -2.11. The van der Waals surface area contributed by atoms with E-state index in [2.05, 4.69) is 25.7 Å². The van der Waals surface area contributed by atoms with Crippen molar-refractivity contribution in [3.8, 4) is 22.8 Å². The van der Waals surface area contributed by atoms with Crippen LogP contribution in [-0.4, -0.2) is 35.4 Å². The molecule has 0 saturated carbocycles. The van der Waals surface area contributed by atoms with Crippen molar-refractivity contribution < 1.29 is 4.79 Å². The summed E-state index contributed by atoms with van der Waals surface area (Å²) in [6.45, 7) is 1.95. The Kier molecular flexibility index (Phi) is 4.08. The fraction of sp³-hybridized carbons (Fsp3) is 0.158. The molecule has 0 spiro atoms. The molecule has 0 aliphatic rings. The quantitative estimate of drug-likeness (QED) is 0.584. The maximum Gasteiger partial charge on any atom is 0.273 e. The third kappa shape index (κ3) is 3.01. The van der Waals surface area contributed by atoms with E-state index in [1.54, 1.807) is 12.4 Å². The minimum atomic E-state index is -0.249. The van der Waals surface area contributed by atoms with E-state index in [0.29, 0.717) is 5.69 Å². The van der Waals surface area contributed by atoms with Gasteiger partial charge in [-0.25, -0.2) is 0 Å². The standard InChI is InChI=1S/C19H19N7O/c1-12-13(18-24-20-11-26(18)3)6-4-7-14(12)21-19(27)16-10-15(22-23-16)17-8-5-9-25(17)2/h4-11H,1-3H3,(H,21,27)(H,22,23). The van der Waals surface area contributed by atoms with Gasteiger partial charge in [0, 0.05) is 31.5 Å². The summed E-state index contributed by atoms with van der Waals surface area (Å²) in [6.07, 6.45) is 3.58. The molecular formula is C19H19N7O. The predicted octanol–water partition coefficient (Wildman–Crippen LogP) is 2.77. The highest BCUT2D eigenvalue weighted by atomic mass is 16.1. The third-order valence-electron chi connectivity index (χ3n) is 4.56. The van der Waals surface area contributed by atoms with Crippen molar-refractivity contribution in [3.05, 3.63) is 60.2 Å². The second kappa shape index (κ2) is 6.56. The van der Waals surface area contributed by atoms with Gasteiger partial charge in [0.05, 0.1) is 5.69 Å². The molecule has 8 nitrogen and oxygen atoms in total. The summed E-state index contributed by atoms with van der Waals surface area (Å²) in [5.41, 5.74) is 4.61. The number of carbonyl (C=O) groups excluding carboxylic acids is 1. The number of nitrogens with one attached hydrogen (secondary N) is 2. The van der Waals surface area contributed by atoms with E-state index in [4.69, 9.17) is 0 Å². The summed E-state index contributed by atoms with van der Waals surface area (Å²) < 4.78 is 3.79. The van der Waals surface area contributed by atoms with Gasteiger partial charge in [-0.2, -0.15) is 5.10 Å². The zero-order valence-corrected chi connectivity index (χ0v) is 15.3. The SMILES string of the molecule is Cc1c(NC(=O)c2cc(-c3cccn3C)n[nH]2)cccc1-c1nncn1C. The number of aromatic amines is 1. The molecule has 0 bridgehead atoms. The lowest BCUT2D eigenvalue weighted by Crippen LogP contribution is -2.13. The van der Waals surface area contributed by atoms with Gasteiger partial charge in [-0.05, 0) is 36.8 Å². The molecule has 2 N–H and O–H groups in total. The van der Waals surface area contributed by atoms with Crippen molar-refractivity contribution in [2.75, 3.05) is 5.32 Å². The Hall–Kier alpha value is -3.68. The summed E-state index contributed by atoms with van der Waals surface area (Å²) in [4.78, 5) is 12.7. The first kappa shape index (κ1) is 16.8. The lowest BCUT2D eigenvalue weighted by atomic mass is 10.1. The van der Waals surface area contributed by atoms with E-state index >= 15 is 0 Å². The molecule has 8 heteroatoms. The largest absolute Gasteiger partial charge is 0.349 e. The molecule has 3 heterocycles. The number of aromatic nitrogens is 6. The van der Waals surface area contributed by atoms with Crippen molar-refractivity contribution in [1.82, 2.24) is 29.5 Å². The first-order valence-electron chi connectivity index (χ1n) is 8.47. The average Bonchev–Trinajstić information content (AvgIpc) is 3.37. The molecule has 0 aliphatic heterocycles. The van der Waals surface area contributed by atoms with Gasteiger partial charge in [-0.1, -0.05) is 12.1 Å². The highest BCUT2D eigenvalue weighted by Crippen LogP contribution is 2.27. The first-order chi connectivity index (χ1) is 13.0. The fourth-order valence-electron chi connectivity index (χ4n) is 3.03. The van der Waals surface area contributed by atoms with E-state index < -0.39 is 0 Å². The van der Waals surface area contributed by atoms with Crippen LogP contribution in [0.15, 0.2) is 48.9 Å². The normalized spacial score (nSPS) is 10.9. The van der Waals surface area contributed by atoms with Gasteiger partial charge < -0.3 is 14.5 Å². The summed E-state index contributed by atoms with van der Waals surface area (Å²) >= 11 is 0. The van der Waals surface area contributed by atoms with Gasteiger partial charge in [0.25, 0.3) is 5.91 Å². The van der Waals surface area contributed by atoms with Gasteiger partial charge in [0.2, 0.25) is 0 Å². The number of nitrogens with zero attached hydrogens (tertiary/aromatic N) is 5. The van der Waals surface area contributed by atoms with Crippen LogP contribution in [0.25, 0.3) is 22.8 Å². The van der Waals surface area contributed by atoms with Gasteiger partial charge in [0.15, 0.2) is 5.82 Å². The van der Waals surface area contributed by atoms with E-state index in [1.807, 2.05) is 66.7 Å². The number of hydrogen-bond acceptors (Lipinski definition) is 4. The monoisotopic (exact) mass is 361 g/mol. The molecule has 1 aromatic carbocycles. The maximum atomic E-state index is 12.7. The molecule has 0 saturated heterocycles. The minimum Gasteiger partial charge on any atom is -0.349 e. The molecule has 0 fully saturated rings. The Morgan fingerprint density at radius 2 is 2.00 bits per heavy atom. The molecule has 0 aliphatic carbocycles. The lowest BCUT2D eigenvalue weighted by molar-refractivity contribution is 0.102. The number of rotatable bonds is 4. The summed E-state index contributed by atoms with van der Waals surface area (Å²) in [6, 6.07) is 11.3. The highest BCUT2D eigenvalue weighted by molar-refractivity contribution is 6.04. The van der Waals surface area contributed by atoms with Crippen molar-refractivity contribution in [3.63, 3.8) is 0 Å². The Morgan fingerprint density at radius 3 is 2.70 bits per heavy atom. The van der Waals surface area contributed by atoms with Gasteiger partial charge in [0.1, 0.15) is 17.7 Å². The summed E-state index contributed by atoms with van der Waals surface area (Å²) in [5.74, 6) is 0.498. The Morgan fingerprint density at radius 1 is 1.15 bits per heavy atom. The van der Waals surface area contributed by atoms with Crippen molar-refractivity contribution in [2.24, 2.45) is 14.1 Å². The van der Waals surface area contributed by atoms with E-state index in [-0.39, 0.29) is 5.91 Å². The number of hydrogen-bond donors (Lipinski definition) is 2. The maximum absolute atomic E-state index is 12.7. The third-order valence-corrected chi connectivity index (χ3v) is 4.56. The molecule has 3 aromatic heterocycles. The average molecular weight is 361 g/mol. The van der Waals surface area contributed by atoms with Crippen LogP contribution in [0.5, 0.6) is 0 Å². The Balaban J connectivity index is 1.60. The molecule has 27 heavy (non-hydrogen) atoms. The van der Waals surface area contributed by atoms with Gasteiger partial charge in [-0.3, -0.25) is 9.89 Å². The topological polar surface area (TPSA) is 93.4 Å². The van der Waals surface area contributed by atoms with Crippen molar-refractivity contribution >= 4 is 11.6 Å². The van der Waals surface area contributed by atoms with E-state index in [9.17, 15) is 4.79 Å². The van der Waals surface area contributed by atoms with Crippen LogP contribution >= 0.6 is 0 Å². The van der Waals surface area contributed by atoms with E-state index in [0.717, 1.165) is 34.0 Å². The summed E-state index contributed by atoms with van der Waals surface area (Å²) in [7, 11) is 3.82. The molecule has 1 amide bonds. The number of carbonyl (C=O) groups is 1. The zero-order chi connectivity index (χ0) is 19.0. The van der Waals surface area contributed by atoms with Crippen LogP contribution in [0, 0.1) is 6.92 Å². The van der Waals surface area contributed by atoms with Crippen LogP contribution < -0.4 is 5.32 Å². The number of aryl methyl sites for hydroxylation is 2. The van der Waals surface area contributed by atoms with E-state index in [1.165, 1.54) is 0 Å². The van der Waals surface area contributed by atoms with Crippen LogP contribution in [0.2, 0.25) is 0 Å². The fourth-order valence-corrected chi connectivity index (χ4v) is 3.03. The second-order valence-electron chi connectivity index (χ2n) is 6.37. The molecule has 136 valence electrons. The van der Waals surface area contributed by atoms with Crippen molar-refractivity contribution in [1.29, 1.82) is 0 Å². The number of benzene rings is 1. The molecule has 4 rings (SSSR count). The molecule has 0 radical (unpaired) electrons. The predicted molar refractivity (Wildman–Crippen MR) is 102 cm³/mol. The molecular weight excluding hydrogens is 342 g/mol. The zero-order valence-electron chi connectivity index (χ0n) is 15.3. The van der Waals surface area contributed by atoms with Crippen LogP contribution in [0.3, 0.4) is 0 Å². The molecule has 0 unspecified atom stereocenters. The van der Waals surface area contributed by atoms with Crippen LogP contribution in [0.4, 0.5) is 5.69 Å². The number of H-pyrrole nitrogens is 1. The minimum absolute atomic E-state index is 0.249. The second-order valence-corrected chi connectivity index (χ2v) is 6.37. The highest BCUT2D eigenvalue weighted by Gasteiger charge is 2.16. The smallest absolute Gasteiger partial charge is 0.273 e. The van der Waals surface area contributed by atoms with Gasteiger partial charge >= 0.3 is 0 Å². The van der Waals surface area contributed by atoms with Crippen LogP contribution in [-0.2, 0) is 14.1 Å². The van der Waals surface area contributed by atoms with Crippen LogP contribution in [0.1, 0.15) is 16.1 Å². The number of amides is 1. The Bertz CT molecular complexity index is 1120. The van der Waals surface area contributed by atoms with Gasteiger partial charge in [-0.15, -0.1) is 10.2 Å². The first-order valence-corrected chi connectivity index (χ1v) is 8.47. The Labute approximate surface area is 155 Å². The summed E-state index contributed by atoms with van der Waals surface area (Å²) in [5, 5.41) is 18.1. The molecule has 0 atom stereocenters.